The minimum Gasteiger partial charge on any atom is -0.748 e. The molecule has 2 heterocycles. The Bertz CT molecular complexity index is 1590. The van der Waals surface area contributed by atoms with E-state index in [1.807, 2.05) is 80.2 Å². The van der Waals surface area contributed by atoms with Crippen molar-refractivity contribution in [3.05, 3.63) is 70.3 Å². The molecule has 0 N–H and O–H groups in total. The summed E-state index contributed by atoms with van der Waals surface area (Å²) in [6.07, 6.45) is 6.09. The van der Waals surface area contributed by atoms with E-state index >= 15 is 0 Å². The number of aromatic nitrogens is 2. The number of aryl methyl sites for hydroxylation is 3. The molecular formula is C28H33ClN4O5S. The van der Waals surface area contributed by atoms with E-state index in [2.05, 4.69) is 9.13 Å². The maximum atomic E-state index is 12.3. The molecule has 0 spiro atoms. The van der Waals surface area contributed by atoms with E-state index in [1.54, 1.807) is 13.0 Å². The van der Waals surface area contributed by atoms with Crippen LogP contribution in [0.3, 0.4) is 0 Å². The van der Waals surface area contributed by atoms with Gasteiger partial charge >= 0.3 is 5.97 Å². The first kappa shape index (κ1) is 28.7. The molecule has 0 radical (unpaired) electrons. The lowest BCUT2D eigenvalue weighted by molar-refractivity contribution is -0.647. The molecule has 208 valence electrons. The molecule has 0 unspecified atom stereocenters. The third-order valence-corrected chi connectivity index (χ3v) is 8.07. The number of allylic oxidation sites excluding steroid dienone is 2. The van der Waals surface area contributed by atoms with Crippen LogP contribution in [0.2, 0.25) is 5.02 Å². The van der Waals surface area contributed by atoms with Gasteiger partial charge in [0.05, 0.1) is 47.3 Å². The SMILES string of the molecule is CCOC(=O)c1ccc2c(c1)n(CC)c(/C=C/C=C1\N(C)c3cc(Cl)c(C)cc3N1CCCS(=O)(=O)[O-])[n+]2C. The summed E-state index contributed by atoms with van der Waals surface area (Å²) in [5.41, 5.74) is 5.12. The Morgan fingerprint density at radius 3 is 2.59 bits per heavy atom. The van der Waals surface area contributed by atoms with E-state index in [1.165, 1.54) is 0 Å². The molecule has 3 aromatic rings. The summed E-state index contributed by atoms with van der Waals surface area (Å²) in [5.74, 6) is 0.985. The third-order valence-electron chi connectivity index (χ3n) is 6.87. The number of anilines is 2. The van der Waals surface area contributed by atoms with Gasteiger partial charge in [-0.2, -0.15) is 0 Å². The molecule has 1 aliphatic rings. The van der Waals surface area contributed by atoms with Gasteiger partial charge in [0.15, 0.2) is 11.0 Å². The number of hydrogen-bond donors (Lipinski definition) is 0. The topological polar surface area (TPSA) is 98.8 Å². The Morgan fingerprint density at radius 1 is 1.18 bits per heavy atom. The van der Waals surface area contributed by atoms with E-state index < -0.39 is 15.9 Å². The summed E-state index contributed by atoms with van der Waals surface area (Å²) in [6.45, 7) is 7.12. The van der Waals surface area contributed by atoms with Gasteiger partial charge in [-0.15, -0.1) is 0 Å². The van der Waals surface area contributed by atoms with Gasteiger partial charge in [-0.3, -0.25) is 0 Å². The molecular weight excluding hydrogens is 540 g/mol. The fourth-order valence-electron chi connectivity index (χ4n) is 4.95. The number of carbonyl (C=O) groups excluding carboxylic acids is 1. The molecule has 9 nitrogen and oxygen atoms in total. The zero-order chi connectivity index (χ0) is 28.5. The molecule has 0 saturated carbocycles. The van der Waals surface area contributed by atoms with Crippen molar-refractivity contribution >= 4 is 56.2 Å². The molecule has 4 rings (SSSR count). The Labute approximate surface area is 234 Å². The van der Waals surface area contributed by atoms with Crippen LogP contribution in [0.25, 0.3) is 17.1 Å². The van der Waals surface area contributed by atoms with Crippen LogP contribution in [-0.2, 0) is 28.4 Å². The van der Waals surface area contributed by atoms with Crippen LogP contribution in [0.5, 0.6) is 0 Å². The first-order valence-electron chi connectivity index (χ1n) is 12.8. The zero-order valence-electron chi connectivity index (χ0n) is 22.8. The number of benzene rings is 2. The second kappa shape index (κ2) is 11.4. The van der Waals surface area contributed by atoms with E-state index in [0.717, 1.165) is 39.6 Å². The second-order valence-electron chi connectivity index (χ2n) is 9.39. The van der Waals surface area contributed by atoms with Crippen LogP contribution >= 0.6 is 11.6 Å². The monoisotopic (exact) mass is 572 g/mol. The summed E-state index contributed by atoms with van der Waals surface area (Å²) in [4.78, 5) is 16.3. The van der Waals surface area contributed by atoms with Crippen molar-refractivity contribution in [2.45, 2.75) is 33.7 Å². The van der Waals surface area contributed by atoms with Crippen molar-refractivity contribution in [3.8, 4) is 0 Å². The van der Waals surface area contributed by atoms with Gasteiger partial charge in [-0.05, 0) is 63.1 Å². The summed E-state index contributed by atoms with van der Waals surface area (Å²) < 4.78 is 43.0. The normalized spacial score (nSPS) is 14.7. The molecule has 0 bridgehead atoms. The number of imidazole rings is 1. The van der Waals surface area contributed by atoms with Gasteiger partial charge in [-0.25, -0.2) is 22.3 Å². The lowest BCUT2D eigenvalue weighted by Gasteiger charge is -2.23. The molecule has 1 aromatic heterocycles. The lowest BCUT2D eigenvalue weighted by Crippen LogP contribution is -2.31. The second-order valence-corrected chi connectivity index (χ2v) is 11.3. The average molecular weight is 573 g/mol. The summed E-state index contributed by atoms with van der Waals surface area (Å²) in [7, 11) is -0.408. The van der Waals surface area contributed by atoms with E-state index in [0.29, 0.717) is 30.3 Å². The minimum absolute atomic E-state index is 0.198. The molecule has 0 saturated heterocycles. The quantitative estimate of drug-likeness (QED) is 0.213. The largest absolute Gasteiger partial charge is 0.748 e. The van der Waals surface area contributed by atoms with Gasteiger partial charge in [0, 0.05) is 36.5 Å². The summed E-state index contributed by atoms with van der Waals surface area (Å²) >= 11 is 6.41. The molecule has 0 atom stereocenters. The number of halogens is 1. The molecule has 11 heteroatoms. The highest BCUT2D eigenvalue weighted by molar-refractivity contribution is 7.85. The number of hydrogen-bond acceptors (Lipinski definition) is 7. The number of carbonyl (C=O) groups is 1. The van der Waals surface area contributed by atoms with Crippen LogP contribution in [0.15, 0.2) is 48.3 Å². The predicted molar refractivity (Wildman–Crippen MR) is 153 cm³/mol. The van der Waals surface area contributed by atoms with Crippen LogP contribution < -0.4 is 14.4 Å². The standard InChI is InChI=1S/C28H33ClN4O5S/c1-6-32-25-17-20(28(34)38-7-2)12-13-22(25)30(4)26(32)10-8-11-27-31(5)23-18-21(29)19(3)16-24(23)33(27)14-9-15-39(35,36)37/h8,10-13,16-18H,6-7,9,14-15H2,1-5H3. The van der Waals surface area contributed by atoms with Gasteiger partial charge < -0.3 is 19.1 Å². The number of ether oxygens (including phenoxy) is 1. The Hall–Kier alpha value is -3.34. The van der Waals surface area contributed by atoms with Crippen LogP contribution in [-0.4, -0.2) is 49.5 Å². The number of rotatable bonds is 9. The summed E-state index contributed by atoms with van der Waals surface area (Å²) in [5, 5.41) is 0.640. The first-order valence-corrected chi connectivity index (χ1v) is 14.7. The van der Waals surface area contributed by atoms with Crippen molar-refractivity contribution in [1.29, 1.82) is 0 Å². The van der Waals surface area contributed by atoms with Crippen molar-refractivity contribution < 1.29 is 27.1 Å². The van der Waals surface area contributed by atoms with Crippen molar-refractivity contribution in [1.82, 2.24) is 4.57 Å². The number of nitrogens with zero attached hydrogens (tertiary/aromatic N) is 4. The minimum atomic E-state index is -4.31. The Balaban J connectivity index is 1.71. The number of fused-ring (bicyclic) bond motifs is 2. The highest BCUT2D eigenvalue weighted by atomic mass is 35.5. The Morgan fingerprint density at radius 2 is 1.92 bits per heavy atom. The first-order chi connectivity index (χ1) is 18.5. The fourth-order valence-corrected chi connectivity index (χ4v) is 5.59. The third kappa shape index (κ3) is 5.83. The fraction of sp³-hybridized carbons (Fsp3) is 0.357. The van der Waals surface area contributed by atoms with Crippen LogP contribution in [0, 0.1) is 6.92 Å². The zero-order valence-corrected chi connectivity index (χ0v) is 24.3. The number of esters is 1. The maximum absolute atomic E-state index is 12.3. The van der Waals surface area contributed by atoms with Crippen LogP contribution in [0.4, 0.5) is 11.4 Å². The van der Waals surface area contributed by atoms with Gasteiger partial charge in [0.2, 0.25) is 0 Å². The van der Waals surface area contributed by atoms with E-state index in [-0.39, 0.29) is 12.4 Å². The Kier molecular flexibility index (Phi) is 8.39. The van der Waals surface area contributed by atoms with Crippen molar-refractivity contribution in [3.63, 3.8) is 0 Å². The molecule has 2 aromatic carbocycles. The molecule has 1 aliphatic heterocycles. The van der Waals surface area contributed by atoms with Crippen molar-refractivity contribution in [2.75, 3.05) is 35.8 Å². The smallest absolute Gasteiger partial charge is 0.338 e. The van der Waals surface area contributed by atoms with E-state index in [4.69, 9.17) is 16.3 Å². The van der Waals surface area contributed by atoms with Crippen molar-refractivity contribution in [2.24, 2.45) is 7.05 Å². The summed E-state index contributed by atoms with van der Waals surface area (Å²) in [6, 6.07) is 9.41. The molecule has 39 heavy (non-hydrogen) atoms. The van der Waals surface area contributed by atoms with Gasteiger partial charge in [-0.1, -0.05) is 17.7 Å². The van der Waals surface area contributed by atoms with Crippen LogP contribution in [0.1, 0.15) is 42.0 Å². The lowest BCUT2D eigenvalue weighted by atomic mass is 10.2. The molecule has 0 fully saturated rings. The highest BCUT2D eigenvalue weighted by Gasteiger charge is 2.29. The van der Waals surface area contributed by atoms with Gasteiger partial charge in [0.1, 0.15) is 5.82 Å². The maximum Gasteiger partial charge on any atom is 0.338 e. The van der Waals surface area contributed by atoms with Gasteiger partial charge in [0.25, 0.3) is 5.82 Å². The predicted octanol–water partition coefficient (Wildman–Crippen LogP) is 4.37. The average Bonchev–Trinajstić information content (AvgIpc) is 3.29. The molecule has 0 amide bonds. The van der Waals surface area contributed by atoms with E-state index in [9.17, 15) is 17.8 Å². The molecule has 0 aliphatic carbocycles. The highest BCUT2D eigenvalue weighted by Crippen LogP contribution is 2.43.